The normalized spacial score (nSPS) is 11.9. The van der Waals surface area contributed by atoms with Crippen molar-refractivity contribution in [2.24, 2.45) is 11.7 Å². The maximum Gasteiger partial charge on any atom is 0.224 e. The lowest BCUT2D eigenvalue weighted by atomic mass is 10.0. The molecule has 1 atom stereocenters. The van der Waals surface area contributed by atoms with Crippen LogP contribution >= 0.6 is 0 Å². The number of amides is 1. The third-order valence-corrected chi connectivity index (χ3v) is 2.85. The Balaban J connectivity index is 2.63. The van der Waals surface area contributed by atoms with Crippen molar-refractivity contribution in [2.45, 2.75) is 26.7 Å². The van der Waals surface area contributed by atoms with Gasteiger partial charge < -0.3 is 15.8 Å². The largest absolute Gasteiger partial charge is 0.492 e. The van der Waals surface area contributed by atoms with Crippen LogP contribution in [-0.2, 0) is 4.79 Å². The van der Waals surface area contributed by atoms with Crippen LogP contribution in [0.4, 0.5) is 5.69 Å². The SMILES string of the molecule is CCOc1ccccc1NC(=O)CC(CC)CN. The molecule has 0 aliphatic heterocycles. The topological polar surface area (TPSA) is 64.3 Å². The molecule has 0 aromatic heterocycles. The molecule has 100 valence electrons. The maximum absolute atomic E-state index is 11.9. The number of nitrogens with one attached hydrogen (secondary N) is 1. The molecule has 0 radical (unpaired) electrons. The van der Waals surface area contributed by atoms with Crippen molar-refractivity contribution in [3.8, 4) is 5.75 Å². The molecule has 0 spiro atoms. The molecule has 1 aromatic rings. The number of anilines is 1. The number of carbonyl (C=O) groups is 1. The van der Waals surface area contributed by atoms with Crippen LogP contribution in [0, 0.1) is 5.92 Å². The second kappa shape index (κ2) is 7.71. The second-order valence-corrected chi connectivity index (χ2v) is 4.19. The average Bonchev–Trinajstić information content (AvgIpc) is 2.38. The Labute approximate surface area is 109 Å². The van der Waals surface area contributed by atoms with Crippen molar-refractivity contribution in [2.75, 3.05) is 18.5 Å². The number of benzene rings is 1. The van der Waals surface area contributed by atoms with Crippen molar-refractivity contribution in [3.05, 3.63) is 24.3 Å². The summed E-state index contributed by atoms with van der Waals surface area (Å²) in [6, 6.07) is 7.44. The lowest BCUT2D eigenvalue weighted by Gasteiger charge is -2.14. The quantitative estimate of drug-likeness (QED) is 0.781. The van der Waals surface area contributed by atoms with Gasteiger partial charge in [-0.25, -0.2) is 0 Å². The molecule has 1 aromatic carbocycles. The Morgan fingerprint density at radius 2 is 2.11 bits per heavy atom. The number of hydrogen-bond acceptors (Lipinski definition) is 3. The number of nitrogens with two attached hydrogens (primary N) is 1. The minimum absolute atomic E-state index is 0.0144. The van der Waals surface area contributed by atoms with E-state index >= 15 is 0 Å². The van der Waals surface area contributed by atoms with Crippen LogP contribution in [0.3, 0.4) is 0 Å². The molecular weight excluding hydrogens is 228 g/mol. The number of carbonyl (C=O) groups excluding carboxylic acids is 1. The van der Waals surface area contributed by atoms with Crippen LogP contribution in [0.25, 0.3) is 0 Å². The summed E-state index contributed by atoms with van der Waals surface area (Å²) in [5.74, 6) is 0.929. The summed E-state index contributed by atoms with van der Waals surface area (Å²) >= 11 is 0. The lowest BCUT2D eigenvalue weighted by molar-refractivity contribution is -0.117. The zero-order valence-electron chi connectivity index (χ0n) is 11.1. The van der Waals surface area contributed by atoms with E-state index in [9.17, 15) is 4.79 Å². The van der Waals surface area contributed by atoms with Gasteiger partial charge in [-0.15, -0.1) is 0 Å². The van der Waals surface area contributed by atoms with E-state index in [1.165, 1.54) is 0 Å². The number of rotatable bonds is 7. The molecule has 0 aliphatic rings. The predicted octanol–water partition coefficient (Wildman–Crippen LogP) is 2.40. The number of para-hydroxylation sites is 2. The predicted molar refractivity (Wildman–Crippen MR) is 73.7 cm³/mol. The molecule has 0 aliphatic carbocycles. The molecule has 18 heavy (non-hydrogen) atoms. The van der Waals surface area contributed by atoms with Crippen LogP contribution in [-0.4, -0.2) is 19.1 Å². The minimum Gasteiger partial charge on any atom is -0.492 e. The van der Waals surface area contributed by atoms with Crippen LogP contribution in [0.5, 0.6) is 5.75 Å². The molecule has 0 fully saturated rings. The molecule has 1 amide bonds. The molecule has 0 bridgehead atoms. The fourth-order valence-electron chi connectivity index (χ4n) is 1.71. The van der Waals surface area contributed by atoms with E-state index in [0.717, 1.165) is 12.1 Å². The zero-order chi connectivity index (χ0) is 13.4. The summed E-state index contributed by atoms with van der Waals surface area (Å²) in [5, 5.41) is 2.87. The van der Waals surface area contributed by atoms with E-state index in [-0.39, 0.29) is 11.8 Å². The van der Waals surface area contributed by atoms with E-state index in [1.54, 1.807) is 0 Å². The highest BCUT2D eigenvalue weighted by Crippen LogP contribution is 2.24. The first-order valence-electron chi connectivity index (χ1n) is 6.43. The molecular formula is C14H22N2O2. The van der Waals surface area contributed by atoms with E-state index < -0.39 is 0 Å². The highest BCUT2D eigenvalue weighted by molar-refractivity contribution is 5.92. The van der Waals surface area contributed by atoms with Gasteiger partial charge in [0.25, 0.3) is 0 Å². The van der Waals surface area contributed by atoms with Gasteiger partial charge in [0.1, 0.15) is 5.75 Å². The molecule has 0 saturated carbocycles. The van der Waals surface area contributed by atoms with Gasteiger partial charge in [0.15, 0.2) is 0 Å². The molecule has 4 heteroatoms. The fourth-order valence-corrected chi connectivity index (χ4v) is 1.71. The number of ether oxygens (including phenoxy) is 1. The molecule has 4 nitrogen and oxygen atoms in total. The van der Waals surface area contributed by atoms with Crippen LogP contribution < -0.4 is 15.8 Å². The van der Waals surface area contributed by atoms with Crippen LogP contribution in [0.1, 0.15) is 26.7 Å². The van der Waals surface area contributed by atoms with E-state index in [1.807, 2.05) is 38.1 Å². The summed E-state index contributed by atoms with van der Waals surface area (Å²) in [6.07, 6.45) is 1.37. The summed E-state index contributed by atoms with van der Waals surface area (Å²) in [6.45, 7) is 5.07. The van der Waals surface area contributed by atoms with Gasteiger partial charge in [0.05, 0.1) is 12.3 Å². The second-order valence-electron chi connectivity index (χ2n) is 4.19. The Hall–Kier alpha value is -1.55. The molecule has 1 rings (SSSR count). The Kier molecular flexibility index (Phi) is 6.22. The number of hydrogen-bond donors (Lipinski definition) is 2. The first-order valence-corrected chi connectivity index (χ1v) is 6.43. The monoisotopic (exact) mass is 250 g/mol. The van der Waals surface area contributed by atoms with Crippen molar-refractivity contribution in [1.29, 1.82) is 0 Å². The van der Waals surface area contributed by atoms with Crippen LogP contribution in [0.15, 0.2) is 24.3 Å². The highest BCUT2D eigenvalue weighted by atomic mass is 16.5. The fraction of sp³-hybridized carbons (Fsp3) is 0.500. The summed E-state index contributed by atoms with van der Waals surface area (Å²) < 4.78 is 5.46. The van der Waals surface area contributed by atoms with Gasteiger partial charge in [-0.1, -0.05) is 25.5 Å². The maximum atomic E-state index is 11.9. The third kappa shape index (κ3) is 4.37. The van der Waals surface area contributed by atoms with Gasteiger partial charge in [-0.3, -0.25) is 4.79 Å². The molecule has 0 saturated heterocycles. The van der Waals surface area contributed by atoms with Crippen molar-refractivity contribution < 1.29 is 9.53 Å². The average molecular weight is 250 g/mol. The standard InChI is InChI=1S/C14H22N2O2/c1-3-11(10-15)9-14(17)16-12-7-5-6-8-13(12)18-4-2/h5-8,11H,3-4,9-10,15H2,1-2H3,(H,16,17). The Bertz CT molecular complexity index is 376. The van der Waals surface area contributed by atoms with Gasteiger partial charge in [0, 0.05) is 6.42 Å². The van der Waals surface area contributed by atoms with Gasteiger partial charge in [0.2, 0.25) is 5.91 Å². The summed E-state index contributed by atoms with van der Waals surface area (Å²) in [7, 11) is 0. The van der Waals surface area contributed by atoms with Gasteiger partial charge in [-0.2, -0.15) is 0 Å². The summed E-state index contributed by atoms with van der Waals surface area (Å²) in [4.78, 5) is 11.9. The third-order valence-electron chi connectivity index (χ3n) is 2.85. The lowest BCUT2D eigenvalue weighted by Crippen LogP contribution is -2.22. The molecule has 0 heterocycles. The first kappa shape index (κ1) is 14.5. The van der Waals surface area contributed by atoms with Crippen molar-refractivity contribution >= 4 is 11.6 Å². The van der Waals surface area contributed by atoms with Crippen molar-refractivity contribution in [1.82, 2.24) is 0 Å². The molecule has 3 N–H and O–H groups in total. The van der Waals surface area contributed by atoms with E-state index in [0.29, 0.717) is 25.3 Å². The summed E-state index contributed by atoms with van der Waals surface area (Å²) in [5.41, 5.74) is 6.32. The van der Waals surface area contributed by atoms with E-state index in [4.69, 9.17) is 10.5 Å². The van der Waals surface area contributed by atoms with Crippen molar-refractivity contribution in [3.63, 3.8) is 0 Å². The van der Waals surface area contributed by atoms with Gasteiger partial charge in [-0.05, 0) is 31.5 Å². The van der Waals surface area contributed by atoms with E-state index in [2.05, 4.69) is 5.32 Å². The minimum atomic E-state index is -0.0144. The highest BCUT2D eigenvalue weighted by Gasteiger charge is 2.12. The first-order chi connectivity index (χ1) is 8.71. The van der Waals surface area contributed by atoms with Gasteiger partial charge >= 0.3 is 0 Å². The Morgan fingerprint density at radius 3 is 2.72 bits per heavy atom. The smallest absolute Gasteiger partial charge is 0.224 e. The van der Waals surface area contributed by atoms with Crippen LogP contribution in [0.2, 0.25) is 0 Å². The zero-order valence-corrected chi connectivity index (χ0v) is 11.1. The molecule has 1 unspecified atom stereocenters. The Morgan fingerprint density at radius 1 is 1.39 bits per heavy atom.